The fraction of sp³-hybridized carbons (Fsp3) is 0.367. The Bertz CT molecular complexity index is 1340. The lowest BCUT2D eigenvalue weighted by atomic mass is 10.1. The third-order valence-corrected chi connectivity index (χ3v) is 6.34. The Labute approximate surface area is 265 Å². The van der Waals surface area contributed by atoms with Gasteiger partial charge in [-0.3, -0.25) is 24.6 Å². The molecule has 0 aliphatic rings. The Morgan fingerprint density at radius 3 is 1.89 bits per heavy atom. The fourth-order valence-corrected chi connectivity index (χ4v) is 3.95. The minimum atomic E-state index is -1.27. The van der Waals surface area contributed by atoms with Crippen molar-refractivity contribution in [2.45, 2.75) is 50.9 Å². The number of carboxylic acid groups (broad SMARTS) is 1. The van der Waals surface area contributed by atoms with E-state index in [1.54, 1.807) is 54.6 Å². The van der Waals surface area contributed by atoms with Gasteiger partial charge in [-0.2, -0.15) is 0 Å². The number of ether oxygens (including phenoxy) is 1. The van der Waals surface area contributed by atoms with Gasteiger partial charge >= 0.3 is 12.1 Å². The van der Waals surface area contributed by atoms with E-state index in [1.165, 1.54) is 6.92 Å². The molecule has 0 radical (unpaired) electrons. The quantitative estimate of drug-likeness (QED) is 0.0551. The van der Waals surface area contributed by atoms with E-state index in [0.29, 0.717) is 12.0 Å². The first-order valence-electron chi connectivity index (χ1n) is 14.4. The van der Waals surface area contributed by atoms with Crippen LogP contribution in [-0.4, -0.2) is 84.5 Å². The molecule has 2 aromatic carbocycles. The van der Waals surface area contributed by atoms with Gasteiger partial charge in [0.05, 0.1) is 13.1 Å². The van der Waals surface area contributed by atoms with Gasteiger partial charge in [-0.05, 0) is 30.9 Å². The van der Waals surface area contributed by atoms with Gasteiger partial charge < -0.3 is 47.5 Å². The number of guanidine groups is 1. The van der Waals surface area contributed by atoms with Crippen molar-refractivity contribution in [2.24, 2.45) is 5.73 Å². The number of aliphatic carboxylic acids is 1. The number of nitrogens with one attached hydrogen (secondary N) is 7. The van der Waals surface area contributed by atoms with E-state index in [1.807, 2.05) is 6.07 Å². The maximum absolute atomic E-state index is 13.0. The lowest BCUT2D eigenvalue weighted by molar-refractivity contribution is -0.142. The third kappa shape index (κ3) is 14.7. The minimum absolute atomic E-state index is 0.00994. The monoisotopic (exact) mass is 640 g/mol. The van der Waals surface area contributed by atoms with Gasteiger partial charge in [-0.25, -0.2) is 9.59 Å². The van der Waals surface area contributed by atoms with Gasteiger partial charge in [-0.15, -0.1) is 0 Å². The largest absolute Gasteiger partial charge is 0.480 e. The van der Waals surface area contributed by atoms with Crippen molar-refractivity contribution in [1.82, 2.24) is 31.9 Å². The highest BCUT2D eigenvalue weighted by Crippen LogP contribution is 2.04. The van der Waals surface area contributed by atoms with Gasteiger partial charge in [0.1, 0.15) is 24.7 Å². The minimum Gasteiger partial charge on any atom is -0.480 e. The molecule has 0 aromatic heterocycles. The fourth-order valence-electron chi connectivity index (χ4n) is 3.95. The topological polar surface area (TPSA) is 254 Å². The van der Waals surface area contributed by atoms with E-state index in [2.05, 4.69) is 31.9 Å². The van der Waals surface area contributed by atoms with Crippen LogP contribution in [-0.2, 0) is 41.7 Å². The van der Waals surface area contributed by atoms with Crippen molar-refractivity contribution in [3.05, 3.63) is 71.8 Å². The van der Waals surface area contributed by atoms with Crippen molar-refractivity contribution in [1.29, 1.82) is 5.41 Å². The Kier molecular flexibility index (Phi) is 15.5. The highest BCUT2D eigenvalue weighted by Gasteiger charge is 2.24. The standard InChI is InChI=1S/C30H40N8O8/c1-19(36-30(45)46-18-21-11-6-3-7-12-21)26(41)34-16-25(40)38-23(15-20-9-4-2-5-10-20)27(42)35-17-24(39)37-22(28(43)44)13-8-14-33-29(31)32/h2-7,9-12,19,22-23H,8,13-18H2,1H3,(H,34,41)(H,35,42)(H,36,45)(H,37,39)(H,38,40)(H,43,44)(H4,31,32,33)/t19-,22-,23-/m0/s1. The average Bonchev–Trinajstić information content (AvgIpc) is 3.03. The first-order valence-corrected chi connectivity index (χ1v) is 14.4. The summed E-state index contributed by atoms with van der Waals surface area (Å²) >= 11 is 0. The molecule has 10 N–H and O–H groups in total. The molecule has 0 aliphatic heterocycles. The molecule has 0 spiro atoms. The predicted molar refractivity (Wildman–Crippen MR) is 166 cm³/mol. The number of rotatable bonds is 18. The Morgan fingerprint density at radius 1 is 0.783 bits per heavy atom. The second-order valence-corrected chi connectivity index (χ2v) is 10.1. The first kappa shape index (κ1) is 36.5. The molecule has 2 aromatic rings. The van der Waals surface area contributed by atoms with Crippen LogP contribution in [0.2, 0.25) is 0 Å². The molecular weight excluding hydrogens is 600 g/mol. The molecule has 2 rings (SSSR count). The number of hydrogen-bond donors (Lipinski definition) is 9. The van der Waals surface area contributed by atoms with Gasteiger partial charge in [-0.1, -0.05) is 60.7 Å². The predicted octanol–water partition coefficient (Wildman–Crippen LogP) is -0.906. The molecule has 0 bridgehead atoms. The van der Waals surface area contributed by atoms with E-state index in [9.17, 15) is 33.9 Å². The summed E-state index contributed by atoms with van der Waals surface area (Å²) in [6.07, 6.45) is -0.409. The summed E-state index contributed by atoms with van der Waals surface area (Å²) in [5.74, 6) is -4.39. The summed E-state index contributed by atoms with van der Waals surface area (Å²) in [6.45, 7) is 0.586. The maximum atomic E-state index is 13.0. The molecule has 248 valence electrons. The number of hydrogen-bond acceptors (Lipinski definition) is 8. The first-order chi connectivity index (χ1) is 21.9. The van der Waals surface area contributed by atoms with E-state index in [4.69, 9.17) is 15.9 Å². The number of alkyl carbamates (subject to hydrolysis) is 1. The molecule has 0 saturated carbocycles. The molecule has 46 heavy (non-hydrogen) atoms. The molecular formula is C30H40N8O8. The summed E-state index contributed by atoms with van der Waals surface area (Å²) in [5.41, 5.74) is 6.65. The number of carboxylic acids is 1. The summed E-state index contributed by atoms with van der Waals surface area (Å²) in [6, 6.07) is 14.3. The summed E-state index contributed by atoms with van der Waals surface area (Å²) in [5, 5.41) is 31.1. The van der Waals surface area contributed by atoms with Crippen LogP contribution in [0.3, 0.4) is 0 Å². The molecule has 0 fully saturated rings. The van der Waals surface area contributed by atoms with Crippen molar-refractivity contribution in [2.75, 3.05) is 19.6 Å². The SMILES string of the molecule is C[C@H](NC(=O)OCc1ccccc1)C(=O)NCC(=O)N[C@@H](Cc1ccccc1)C(=O)NCC(=O)N[C@@H](CCCNC(=N)N)C(=O)O. The lowest BCUT2D eigenvalue weighted by Gasteiger charge is -2.20. The smallest absolute Gasteiger partial charge is 0.408 e. The van der Waals surface area contributed by atoms with Crippen molar-refractivity contribution in [3.8, 4) is 0 Å². The lowest BCUT2D eigenvalue weighted by Crippen LogP contribution is -2.53. The normalized spacial score (nSPS) is 12.3. The maximum Gasteiger partial charge on any atom is 0.408 e. The second kappa shape index (κ2) is 19.6. The second-order valence-electron chi connectivity index (χ2n) is 10.1. The molecule has 16 heteroatoms. The van der Waals surface area contributed by atoms with E-state index in [0.717, 1.165) is 5.56 Å². The number of nitrogens with two attached hydrogens (primary N) is 1. The van der Waals surface area contributed by atoms with E-state index < -0.39 is 66.9 Å². The van der Waals surface area contributed by atoms with Gasteiger partial charge in [0.2, 0.25) is 23.6 Å². The Balaban J connectivity index is 1.87. The van der Waals surface area contributed by atoms with Crippen LogP contribution in [0.5, 0.6) is 0 Å². The Morgan fingerprint density at radius 2 is 1.33 bits per heavy atom. The van der Waals surface area contributed by atoms with Crippen LogP contribution < -0.4 is 37.6 Å². The third-order valence-electron chi connectivity index (χ3n) is 6.34. The highest BCUT2D eigenvalue weighted by atomic mass is 16.5. The van der Waals surface area contributed by atoms with Crippen LogP contribution in [0.15, 0.2) is 60.7 Å². The molecule has 16 nitrogen and oxygen atoms in total. The molecule has 0 heterocycles. The molecule has 5 amide bonds. The Hall–Kier alpha value is -5.67. The van der Waals surface area contributed by atoms with Crippen LogP contribution in [0.25, 0.3) is 0 Å². The van der Waals surface area contributed by atoms with Crippen molar-refractivity contribution < 1.29 is 38.6 Å². The summed E-state index contributed by atoms with van der Waals surface area (Å²) < 4.78 is 5.09. The summed E-state index contributed by atoms with van der Waals surface area (Å²) in [4.78, 5) is 74.1. The van der Waals surface area contributed by atoms with E-state index in [-0.39, 0.29) is 32.0 Å². The zero-order valence-corrected chi connectivity index (χ0v) is 25.3. The molecule has 0 unspecified atom stereocenters. The molecule has 0 saturated heterocycles. The summed E-state index contributed by atoms with van der Waals surface area (Å²) in [7, 11) is 0. The van der Waals surface area contributed by atoms with Gasteiger partial charge in [0, 0.05) is 13.0 Å². The molecule has 3 atom stereocenters. The zero-order valence-electron chi connectivity index (χ0n) is 25.3. The highest BCUT2D eigenvalue weighted by molar-refractivity contribution is 5.93. The molecule has 0 aliphatic carbocycles. The van der Waals surface area contributed by atoms with Crippen LogP contribution in [0.4, 0.5) is 4.79 Å². The van der Waals surface area contributed by atoms with Gasteiger partial charge in [0.25, 0.3) is 0 Å². The van der Waals surface area contributed by atoms with Crippen molar-refractivity contribution >= 4 is 41.7 Å². The van der Waals surface area contributed by atoms with Crippen LogP contribution in [0.1, 0.15) is 30.9 Å². The van der Waals surface area contributed by atoms with Crippen LogP contribution in [0, 0.1) is 5.41 Å². The van der Waals surface area contributed by atoms with Crippen molar-refractivity contribution in [3.63, 3.8) is 0 Å². The zero-order chi connectivity index (χ0) is 33.9. The number of amides is 5. The number of benzene rings is 2. The number of carbonyl (C=O) groups is 6. The van der Waals surface area contributed by atoms with E-state index >= 15 is 0 Å². The number of carbonyl (C=O) groups excluding carboxylic acids is 5. The van der Waals surface area contributed by atoms with Crippen LogP contribution >= 0.6 is 0 Å². The van der Waals surface area contributed by atoms with Gasteiger partial charge in [0.15, 0.2) is 5.96 Å². The average molecular weight is 641 g/mol.